The van der Waals surface area contributed by atoms with Crippen LogP contribution in [0.5, 0.6) is 0 Å². The normalized spacial score (nSPS) is 17.1. The minimum atomic E-state index is -3.58. The van der Waals surface area contributed by atoms with Gasteiger partial charge in [0.15, 0.2) is 0 Å². The van der Waals surface area contributed by atoms with Crippen LogP contribution in [0.1, 0.15) is 22.7 Å². The van der Waals surface area contributed by atoms with Gasteiger partial charge in [-0.15, -0.1) is 0 Å². The first-order valence-electron chi connectivity index (χ1n) is 10.4. The fourth-order valence-electron chi connectivity index (χ4n) is 3.87. The van der Waals surface area contributed by atoms with Gasteiger partial charge in [-0.05, 0) is 55.8 Å². The minimum Gasteiger partial charge on any atom is -0.378 e. The first-order valence-corrected chi connectivity index (χ1v) is 11.9. The Morgan fingerprint density at radius 1 is 1.00 bits per heavy atom. The summed E-state index contributed by atoms with van der Waals surface area (Å²) in [6.45, 7) is 7.95. The second kappa shape index (κ2) is 9.47. The molecule has 1 aliphatic heterocycles. The maximum Gasteiger partial charge on any atom is 0.240 e. The molecule has 0 amide bonds. The van der Waals surface area contributed by atoms with E-state index in [1.807, 2.05) is 34.0 Å². The molecule has 0 radical (unpaired) electrons. The zero-order valence-electron chi connectivity index (χ0n) is 18.7. The van der Waals surface area contributed by atoms with Gasteiger partial charge in [-0.2, -0.15) is 0 Å². The summed E-state index contributed by atoms with van der Waals surface area (Å²) in [5, 5.41) is 0. The molecule has 2 aromatic carbocycles. The zero-order valence-corrected chi connectivity index (χ0v) is 19.5. The molecule has 0 unspecified atom stereocenters. The highest BCUT2D eigenvalue weighted by molar-refractivity contribution is 7.89. The third-order valence-corrected chi connectivity index (χ3v) is 7.65. The number of piperazine rings is 1. The second-order valence-corrected chi connectivity index (χ2v) is 10.1. The van der Waals surface area contributed by atoms with E-state index < -0.39 is 10.0 Å². The topological polar surface area (TPSA) is 55.9 Å². The van der Waals surface area contributed by atoms with Crippen LogP contribution in [0.3, 0.4) is 0 Å². The van der Waals surface area contributed by atoms with Gasteiger partial charge in [-0.3, -0.25) is 4.90 Å². The summed E-state index contributed by atoms with van der Waals surface area (Å²) in [5.41, 5.74) is 4.05. The Bertz CT molecular complexity index is 950. The van der Waals surface area contributed by atoms with Crippen LogP contribution in [0.15, 0.2) is 47.4 Å². The van der Waals surface area contributed by atoms with Gasteiger partial charge in [-0.1, -0.05) is 24.3 Å². The molecule has 6 nitrogen and oxygen atoms in total. The van der Waals surface area contributed by atoms with E-state index in [1.54, 1.807) is 12.1 Å². The minimum absolute atomic E-state index is 0.00481. The van der Waals surface area contributed by atoms with Crippen molar-refractivity contribution in [3.05, 3.63) is 59.2 Å². The molecule has 1 saturated heterocycles. The number of rotatable bonds is 7. The molecule has 0 spiro atoms. The first kappa shape index (κ1) is 22.7. The van der Waals surface area contributed by atoms with Gasteiger partial charge in [0.2, 0.25) is 10.0 Å². The predicted molar refractivity (Wildman–Crippen MR) is 124 cm³/mol. The largest absolute Gasteiger partial charge is 0.378 e. The van der Waals surface area contributed by atoms with Crippen molar-refractivity contribution in [2.24, 2.45) is 0 Å². The summed E-state index contributed by atoms with van der Waals surface area (Å²) < 4.78 is 29.0. The van der Waals surface area contributed by atoms with Gasteiger partial charge in [0.1, 0.15) is 0 Å². The maximum absolute atomic E-state index is 13.1. The fourth-order valence-corrected chi connectivity index (χ4v) is 5.22. The molecule has 0 bridgehead atoms. The van der Waals surface area contributed by atoms with Crippen LogP contribution < -0.4 is 9.62 Å². The molecule has 1 heterocycles. The highest BCUT2D eigenvalue weighted by Crippen LogP contribution is 2.25. The Balaban J connectivity index is 1.84. The lowest BCUT2D eigenvalue weighted by atomic mass is 10.0. The molecular formula is C23H34N4O2S. The lowest BCUT2D eigenvalue weighted by Gasteiger charge is -2.38. The van der Waals surface area contributed by atoms with Crippen LogP contribution in [-0.4, -0.2) is 72.1 Å². The summed E-state index contributed by atoms with van der Waals surface area (Å²) in [4.78, 5) is 7.12. The Kier molecular flexibility index (Phi) is 7.18. The standard InChI is InChI=1S/C23H34N4O2S/c1-18-7-6-8-23(19(18)2)30(28,29)24-17-22(27-15-13-26(5)14-16-27)20-9-11-21(12-10-20)25(3)4/h6-12,22,24H,13-17H2,1-5H3/t22-/m1/s1. The quantitative estimate of drug-likeness (QED) is 0.732. The molecule has 0 aliphatic carbocycles. The second-order valence-electron chi connectivity index (χ2n) is 8.39. The van der Waals surface area contributed by atoms with E-state index >= 15 is 0 Å². The molecule has 0 aromatic heterocycles. The number of anilines is 1. The predicted octanol–water partition coefficient (Wildman–Crippen LogP) is 2.64. The van der Waals surface area contributed by atoms with Crippen LogP contribution in [0.2, 0.25) is 0 Å². The zero-order chi connectivity index (χ0) is 21.9. The van der Waals surface area contributed by atoms with Gasteiger partial charge in [-0.25, -0.2) is 13.1 Å². The average molecular weight is 431 g/mol. The van der Waals surface area contributed by atoms with Crippen LogP contribution in [0.4, 0.5) is 5.69 Å². The molecule has 1 atom stereocenters. The highest BCUT2D eigenvalue weighted by atomic mass is 32.2. The van der Waals surface area contributed by atoms with Gasteiger partial charge < -0.3 is 9.80 Å². The van der Waals surface area contributed by atoms with E-state index in [9.17, 15) is 8.42 Å². The first-order chi connectivity index (χ1) is 14.2. The summed E-state index contributed by atoms with van der Waals surface area (Å²) in [7, 11) is 2.58. The van der Waals surface area contributed by atoms with Crippen molar-refractivity contribution in [2.75, 3.05) is 58.8 Å². The van der Waals surface area contributed by atoms with Crippen LogP contribution in [0.25, 0.3) is 0 Å². The van der Waals surface area contributed by atoms with Crippen molar-refractivity contribution < 1.29 is 8.42 Å². The number of benzene rings is 2. The van der Waals surface area contributed by atoms with Gasteiger partial charge in [0, 0.05) is 58.5 Å². The fraction of sp³-hybridized carbons (Fsp3) is 0.478. The van der Waals surface area contributed by atoms with Crippen LogP contribution >= 0.6 is 0 Å². The molecule has 1 fully saturated rings. The van der Waals surface area contributed by atoms with Gasteiger partial charge in [0.25, 0.3) is 0 Å². The Morgan fingerprint density at radius 2 is 1.63 bits per heavy atom. The molecule has 3 rings (SSSR count). The summed E-state index contributed by atoms with van der Waals surface area (Å²) in [6, 6.07) is 13.8. The summed E-state index contributed by atoms with van der Waals surface area (Å²) in [5.74, 6) is 0. The molecule has 1 aliphatic rings. The van der Waals surface area contributed by atoms with E-state index in [0.717, 1.165) is 48.6 Å². The van der Waals surface area contributed by atoms with Crippen molar-refractivity contribution in [2.45, 2.75) is 24.8 Å². The summed E-state index contributed by atoms with van der Waals surface area (Å²) in [6.07, 6.45) is 0. The highest BCUT2D eigenvalue weighted by Gasteiger charge is 2.26. The van der Waals surface area contributed by atoms with E-state index in [0.29, 0.717) is 11.4 Å². The number of nitrogens with zero attached hydrogens (tertiary/aromatic N) is 3. The molecule has 0 saturated carbocycles. The van der Waals surface area contributed by atoms with E-state index in [4.69, 9.17) is 0 Å². The maximum atomic E-state index is 13.1. The SMILES string of the molecule is Cc1cccc(S(=O)(=O)NC[C@H](c2ccc(N(C)C)cc2)N2CCN(C)CC2)c1C. The van der Waals surface area contributed by atoms with Crippen molar-refractivity contribution in [1.29, 1.82) is 0 Å². The Morgan fingerprint density at radius 3 is 2.23 bits per heavy atom. The van der Waals surface area contributed by atoms with Crippen molar-refractivity contribution in [3.8, 4) is 0 Å². The third-order valence-electron chi connectivity index (χ3n) is 6.08. The molecule has 2 aromatic rings. The van der Waals surface area contributed by atoms with Crippen LogP contribution in [-0.2, 0) is 10.0 Å². The van der Waals surface area contributed by atoms with Gasteiger partial charge in [0.05, 0.1) is 4.90 Å². The average Bonchev–Trinajstić information content (AvgIpc) is 2.71. The monoisotopic (exact) mass is 430 g/mol. The number of aryl methyl sites for hydroxylation is 1. The number of hydrogen-bond acceptors (Lipinski definition) is 5. The smallest absolute Gasteiger partial charge is 0.240 e. The number of hydrogen-bond donors (Lipinski definition) is 1. The Labute approximate surface area is 181 Å². The van der Waals surface area contributed by atoms with E-state index in [2.05, 4.69) is 50.7 Å². The molecule has 1 N–H and O–H groups in total. The number of nitrogens with one attached hydrogen (secondary N) is 1. The molecule has 30 heavy (non-hydrogen) atoms. The van der Waals surface area contributed by atoms with Crippen molar-refractivity contribution in [3.63, 3.8) is 0 Å². The molecule has 164 valence electrons. The van der Waals surface area contributed by atoms with Crippen molar-refractivity contribution in [1.82, 2.24) is 14.5 Å². The lowest BCUT2D eigenvalue weighted by molar-refractivity contribution is 0.113. The van der Waals surface area contributed by atoms with E-state index in [-0.39, 0.29) is 6.04 Å². The van der Waals surface area contributed by atoms with Crippen molar-refractivity contribution >= 4 is 15.7 Å². The van der Waals surface area contributed by atoms with Crippen LogP contribution in [0, 0.1) is 13.8 Å². The molecule has 7 heteroatoms. The lowest BCUT2D eigenvalue weighted by Crippen LogP contribution is -2.48. The van der Waals surface area contributed by atoms with E-state index in [1.165, 1.54) is 0 Å². The molecular weight excluding hydrogens is 396 g/mol. The third kappa shape index (κ3) is 5.21. The number of sulfonamides is 1. The Hall–Kier alpha value is -1.93. The van der Waals surface area contributed by atoms with Gasteiger partial charge >= 0.3 is 0 Å². The summed E-state index contributed by atoms with van der Waals surface area (Å²) >= 11 is 0. The number of likely N-dealkylation sites (N-methyl/N-ethyl adjacent to an activating group) is 1.